The largest absolute Gasteiger partial charge is 0.494 e. The standard InChI is InChI=1S/C22H30O5/c1-18(2)22(24)27-17-9-7-5-4-6-8-16-26-20-13-10-19(11-14-20)12-15-21(23)25-3/h10-15H,1,4-9,16-17H2,2-3H3. The maximum Gasteiger partial charge on any atom is 0.333 e. The molecule has 0 aliphatic rings. The highest BCUT2D eigenvalue weighted by atomic mass is 16.5. The number of methoxy groups -OCH3 is 1. The Bertz CT molecular complexity index is 616. The number of unbranched alkanes of at least 4 members (excludes halogenated alkanes) is 5. The van der Waals surface area contributed by atoms with Gasteiger partial charge in [-0.15, -0.1) is 0 Å². The van der Waals surface area contributed by atoms with Crippen molar-refractivity contribution >= 4 is 18.0 Å². The minimum atomic E-state index is -0.372. The summed E-state index contributed by atoms with van der Waals surface area (Å²) in [5.74, 6) is 0.146. The van der Waals surface area contributed by atoms with Gasteiger partial charge in [0.2, 0.25) is 0 Å². The fourth-order valence-corrected chi connectivity index (χ4v) is 2.30. The summed E-state index contributed by atoms with van der Waals surface area (Å²) < 4.78 is 15.3. The summed E-state index contributed by atoms with van der Waals surface area (Å²) >= 11 is 0. The average molecular weight is 374 g/mol. The van der Waals surface area contributed by atoms with Gasteiger partial charge in [-0.05, 0) is 43.5 Å². The van der Waals surface area contributed by atoms with E-state index in [1.54, 1.807) is 13.0 Å². The van der Waals surface area contributed by atoms with Crippen molar-refractivity contribution in [2.45, 2.75) is 45.4 Å². The Balaban J connectivity index is 2.03. The predicted molar refractivity (Wildman–Crippen MR) is 106 cm³/mol. The van der Waals surface area contributed by atoms with E-state index < -0.39 is 0 Å². The van der Waals surface area contributed by atoms with E-state index in [0.29, 0.717) is 18.8 Å². The molecular weight excluding hydrogens is 344 g/mol. The number of ether oxygens (including phenoxy) is 3. The quantitative estimate of drug-likeness (QED) is 0.284. The lowest BCUT2D eigenvalue weighted by atomic mass is 10.1. The highest BCUT2D eigenvalue weighted by Gasteiger charge is 2.01. The molecule has 0 heterocycles. The molecule has 0 saturated carbocycles. The molecule has 1 aromatic rings. The molecule has 0 spiro atoms. The highest BCUT2D eigenvalue weighted by Crippen LogP contribution is 2.14. The zero-order valence-corrected chi connectivity index (χ0v) is 16.4. The van der Waals surface area contributed by atoms with Crippen molar-refractivity contribution < 1.29 is 23.8 Å². The van der Waals surface area contributed by atoms with E-state index in [1.807, 2.05) is 24.3 Å². The van der Waals surface area contributed by atoms with E-state index in [9.17, 15) is 9.59 Å². The van der Waals surface area contributed by atoms with E-state index in [-0.39, 0.29) is 11.9 Å². The van der Waals surface area contributed by atoms with Crippen molar-refractivity contribution in [2.75, 3.05) is 20.3 Å². The summed E-state index contributed by atoms with van der Waals surface area (Å²) in [6, 6.07) is 7.58. The van der Waals surface area contributed by atoms with E-state index in [4.69, 9.17) is 9.47 Å². The van der Waals surface area contributed by atoms with Crippen LogP contribution in [0.3, 0.4) is 0 Å². The number of benzene rings is 1. The van der Waals surface area contributed by atoms with Crippen LogP contribution < -0.4 is 4.74 Å². The average Bonchev–Trinajstić information content (AvgIpc) is 2.68. The summed E-state index contributed by atoms with van der Waals surface area (Å²) in [6.07, 6.45) is 9.45. The van der Waals surface area contributed by atoms with Crippen molar-refractivity contribution in [3.05, 3.63) is 48.1 Å². The van der Waals surface area contributed by atoms with Gasteiger partial charge in [0, 0.05) is 11.6 Å². The van der Waals surface area contributed by atoms with Gasteiger partial charge in [-0.25, -0.2) is 9.59 Å². The Hall–Kier alpha value is -2.56. The van der Waals surface area contributed by atoms with Gasteiger partial charge in [0.15, 0.2) is 0 Å². The smallest absolute Gasteiger partial charge is 0.333 e. The summed E-state index contributed by atoms with van der Waals surface area (Å²) in [5, 5.41) is 0. The Labute approximate surface area is 162 Å². The normalized spacial score (nSPS) is 10.6. The molecular formula is C22H30O5. The zero-order valence-electron chi connectivity index (χ0n) is 16.4. The Kier molecular flexibility index (Phi) is 11.3. The summed E-state index contributed by atoms with van der Waals surface area (Å²) in [6.45, 7) is 6.36. The second-order valence-electron chi connectivity index (χ2n) is 6.31. The minimum absolute atomic E-state index is 0.306. The topological polar surface area (TPSA) is 61.8 Å². The van der Waals surface area contributed by atoms with Crippen LogP contribution in [0.15, 0.2) is 42.5 Å². The molecule has 0 aromatic heterocycles. The van der Waals surface area contributed by atoms with Crippen LogP contribution in [0.25, 0.3) is 6.08 Å². The van der Waals surface area contributed by atoms with Gasteiger partial charge in [0.1, 0.15) is 5.75 Å². The summed E-state index contributed by atoms with van der Waals surface area (Å²) in [4.78, 5) is 22.2. The monoisotopic (exact) mass is 374 g/mol. The van der Waals surface area contributed by atoms with Gasteiger partial charge >= 0.3 is 11.9 Å². The first kappa shape index (κ1) is 22.5. The maximum absolute atomic E-state index is 11.2. The molecule has 0 saturated heterocycles. The molecule has 0 aliphatic heterocycles. The molecule has 0 unspecified atom stereocenters. The van der Waals surface area contributed by atoms with Crippen LogP contribution in [0.2, 0.25) is 0 Å². The van der Waals surface area contributed by atoms with Gasteiger partial charge in [-0.2, -0.15) is 0 Å². The van der Waals surface area contributed by atoms with Gasteiger partial charge < -0.3 is 14.2 Å². The second-order valence-corrected chi connectivity index (χ2v) is 6.31. The third kappa shape index (κ3) is 10.9. The first-order chi connectivity index (χ1) is 13.0. The van der Waals surface area contributed by atoms with Crippen molar-refractivity contribution in [3.8, 4) is 5.75 Å². The van der Waals surface area contributed by atoms with Crippen LogP contribution in [-0.2, 0) is 19.1 Å². The minimum Gasteiger partial charge on any atom is -0.494 e. The van der Waals surface area contributed by atoms with Crippen molar-refractivity contribution in [1.82, 2.24) is 0 Å². The molecule has 5 heteroatoms. The summed E-state index contributed by atoms with van der Waals surface area (Å²) in [5.41, 5.74) is 1.36. The first-order valence-electron chi connectivity index (χ1n) is 9.34. The van der Waals surface area contributed by atoms with Crippen LogP contribution in [0.1, 0.15) is 51.0 Å². The molecule has 0 atom stereocenters. The highest BCUT2D eigenvalue weighted by molar-refractivity contribution is 5.87. The number of esters is 2. The van der Waals surface area contributed by atoms with Gasteiger partial charge in [0.25, 0.3) is 0 Å². The second kappa shape index (κ2) is 13.6. The zero-order chi connectivity index (χ0) is 19.9. The molecule has 0 bridgehead atoms. The Morgan fingerprint density at radius 3 is 2.15 bits per heavy atom. The van der Waals surface area contributed by atoms with Gasteiger partial charge in [-0.3, -0.25) is 0 Å². The van der Waals surface area contributed by atoms with Crippen LogP contribution in [0.4, 0.5) is 0 Å². The molecule has 0 fully saturated rings. The summed E-state index contributed by atoms with van der Waals surface area (Å²) in [7, 11) is 1.35. The molecule has 1 rings (SSSR count). The van der Waals surface area contributed by atoms with Crippen LogP contribution in [0.5, 0.6) is 5.75 Å². The number of hydrogen-bond acceptors (Lipinski definition) is 5. The van der Waals surface area contributed by atoms with E-state index in [1.165, 1.54) is 13.2 Å². The Morgan fingerprint density at radius 2 is 1.56 bits per heavy atom. The fourth-order valence-electron chi connectivity index (χ4n) is 2.30. The van der Waals surface area contributed by atoms with Crippen LogP contribution in [0, 0.1) is 0 Å². The predicted octanol–water partition coefficient (Wildman–Crippen LogP) is 4.71. The Morgan fingerprint density at radius 1 is 0.963 bits per heavy atom. The van der Waals surface area contributed by atoms with E-state index >= 15 is 0 Å². The number of carbonyl (C=O) groups excluding carboxylic acids is 2. The van der Waals surface area contributed by atoms with Crippen molar-refractivity contribution in [2.24, 2.45) is 0 Å². The molecule has 5 nitrogen and oxygen atoms in total. The SMILES string of the molecule is C=C(C)C(=O)OCCCCCCCCOc1ccc(C=CC(=O)OC)cc1. The molecule has 0 amide bonds. The van der Waals surface area contributed by atoms with Crippen LogP contribution in [-0.4, -0.2) is 32.3 Å². The fraction of sp³-hybridized carbons (Fsp3) is 0.455. The lowest BCUT2D eigenvalue weighted by molar-refractivity contribution is -0.139. The molecule has 1 aromatic carbocycles. The third-order valence-electron chi connectivity index (χ3n) is 3.88. The number of rotatable bonds is 13. The van der Waals surface area contributed by atoms with Gasteiger partial charge in [0.05, 0.1) is 20.3 Å². The molecule has 0 N–H and O–H groups in total. The molecule has 0 radical (unpaired) electrons. The van der Waals surface area contributed by atoms with Crippen molar-refractivity contribution in [3.63, 3.8) is 0 Å². The maximum atomic E-state index is 11.2. The number of carbonyl (C=O) groups is 2. The van der Waals surface area contributed by atoms with Gasteiger partial charge in [-0.1, -0.05) is 44.4 Å². The molecule has 27 heavy (non-hydrogen) atoms. The number of hydrogen-bond donors (Lipinski definition) is 0. The third-order valence-corrected chi connectivity index (χ3v) is 3.88. The lowest BCUT2D eigenvalue weighted by Gasteiger charge is -2.07. The first-order valence-corrected chi connectivity index (χ1v) is 9.34. The van der Waals surface area contributed by atoms with Crippen molar-refractivity contribution in [1.29, 1.82) is 0 Å². The molecule has 0 aliphatic carbocycles. The van der Waals surface area contributed by atoms with Crippen LogP contribution >= 0.6 is 0 Å². The lowest BCUT2D eigenvalue weighted by Crippen LogP contribution is -2.06. The van der Waals surface area contributed by atoms with E-state index in [2.05, 4.69) is 11.3 Å². The molecule has 148 valence electrons. The van der Waals surface area contributed by atoms with E-state index in [0.717, 1.165) is 49.8 Å².